The summed E-state index contributed by atoms with van der Waals surface area (Å²) >= 11 is 1.67. The monoisotopic (exact) mass is 205 g/mol. The van der Waals surface area contributed by atoms with Gasteiger partial charge in [-0.1, -0.05) is 6.07 Å². The Hall–Kier alpha value is -1.26. The van der Waals surface area contributed by atoms with E-state index in [-0.39, 0.29) is 0 Å². The largest absolute Gasteiger partial charge is 0.308 e. The molecular weight excluding hydrogens is 194 g/mol. The van der Waals surface area contributed by atoms with Crippen LogP contribution in [0.15, 0.2) is 36.2 Å². The van der Waals surface area contributed by atoms with Gasteiger partial charge in [-0.3, -0.25) is 9.97 Å². The van der Waals surface area contributed by atoms with Crippen LogP contribution < -0.4 is 5.32 Å². The lowest BCUT2D eigenvalue weighted by Gasteiger charge is -2.01. The third kappa shape index (κ3) is 2.61. The zero-order valence-corrected chi connectivity index (χ0v) is 8.50. The molecule has 0 aliphatic carbocycles. The molecule has 2 rings (SSSR count). The average Bonchev–Trinajstić information content (AvgIpc) is 2.72. The van der Waals surface area contributed by atoms with Gasteiger partial charge in [-0.25, -0.2) is 0 Å². The molecule has 0 spiro atoms. The molecule has 0 atom stereocenters. The molecule has 0 saturated carbocycles. The highest BCUT2D eigenvalue weighted by molar-refractivity contribution is 7.09. The molecule has 3 nitrogen and oxygen atoms in total. The number of hydrogen-bond acceptors (Lipinski definition) is 4. The van der Waals surface area contributed by atoms with E-state index >= 15 is 0 Å². The summed E-state index contributed by atoms with van der Waals surface area (Å²) in [5, 5.41) is 3.33. The number of thiazole rings is 1. The number of aromatic nitrogens is 2. The maximum Gasteiger partial charge on any atom is 0.0794 e. The van der Waals surface area contributed by atoms with Gasteiger partial charge in [0.1, 0.15) is 0 Å². The zero-order chi connectivity index (χ0) is 9.64. The van der Waals surface area contributed by atoms with Crippen LogP contribution in [0.3, 0.4) is 0 Å². The molecule has 0 amide bonds. The van der Waals surface area contributed by atoms with E-state index in [0.29, 0.717) is 0 Å². The lowest BCUT2D eigenvalue weighted by molar-refractivity contribution is 0.698. The predicted octanol–water partition coefficient (Wildman–Crippen LogP) is 1.83. The van der Waals surface area contributed by atoms with Crippen LogP contribution in [0.2, 0.25) is 0 Å². The molecule has 72 valence electrons. The Kier molecular flexibility index (Phi) is 3.21. The molecule has 0 aliphatic heterocycles. The Morgan fingerprint density at radius 3 is 2.93 bits per heavy atom. The number of pyridine rings is 1. The highest BCUT2D eigenvalue weighted by Gasteiger charge is 1.94. The van der Waals surface area contributed by atoms with Crippen LogP contribution in [-0.4, -0.2) is 9.97 Å². The number of hydrogen-bond donors (Lipinski definition) is 1. The summed E-state index contributed by atoms with van der Waals surface area (Å²) in [5.41, 5.74) is 3.05. The van der Waals surface area contributed by atoms with Gasteiger partial charge in [0, 0.05) is 36.6 Å². The van der Waals surface area contributed by atoms with Crippen molar-refractivity contribution >= 4 is 11.3 Å². The van der Waals surface area contributed by atoms with Crippen molar-refractivity contribution in [1.82, 2.24) is 15.3 Å². The first-order valence-corrected chi connectivity index (χ1v) is 5.30. The molecule has 0 unspecified atom stereocenters. The summed E-state index contributed by atoms with van der Waals surface area (Å²) in [4.78, 5) is 9.32. The summed E-state index contributed by atoms with van der Waals surface area (Å²) in [6.07, 6.45) is 5.55. The van der Waals surface area contributed by atoms with Gasteiger partial charge in [0.05, 0.1) is 5.51 Å². The van der Waals surface area contributed by atoms with E-state index in [2.05, 4.69) is 21.4 Å². The van der Waals surface area contributed by atoms with Crippen LogP contribution in [0.1, 0.15) is 10.4 Å². The molecule has 0 aliphatic rings. The molecule has 14 heavy (non-hydrogen) atoms. The molecule has 1 N–H and O–H groups in total. The molecule has 0 fully saturated rings. The van der Waals surface area contributed by atoms with Gasteiger partial charge >= 0.3 is 0 Å². The van der Waals surface area contributed by atoms with Gasteiger partial charge in [-0.15, -0.1) is 11.3 Å². The van der Waals surface area contributed by atoms with Crippen LogP contribution in [0, 0.1) is 0 Å². The minimum Gasteiger partial charge on any atom is -0.308 e. The Balaban J connectivity index is 1.79. The van der Waals surface area contributed by atoms with Crippen molar-refractivity contribution in [2.45, 2.75) is 13.1 Å². The fraction of sp³-hybridized carbons (Fsp3) is 0.200. The van der Waals surface area contributed by atoms with E-state index in [1.807, 2.05) is 24.0 Å². The van der Waals surface area contributed by atoms with Gasteiger partial charge in [0.2, 0.25) is 0 Å². The van der Waals surface area contributed by atoms with E-state index in [9.17, 15) is 0 Å². The van der Waals surface area contributed by atoms with Crippen molar-refractivity contribution in [3.63, 3.8) is 0 Å². The van der Waals surface area contributed by atoms with E-state index in [0.717, 1.165) is 13.1 Å². The molecule has 2 aromatic heterocycles. The molecule has 0 radical (unpaired) electrons. The number of nitrogens with one attached hydrogen (secondary N) is 1. The van der Waals surface area contributed by atoms with Crippen molar-refractivity contribution in [3.05, 3.63) is 46.7 Å². The van der Waals surface area contributed by atoms with Gasteiger partial charge in [-0.05, 0) is 11.6 Å². The molecule has 0 bridgehead atoms. The van der Waals surface area contributed by atoms with E-state index in [1.54, 1.807) is 17.5 Å². The highest BCUT2D eigenvalue weighted by Crippen LogP contribution is 2.04. The molecule has 0 aromatic carbocycles. The number of nitrogens with zero attached hydrogens (tertiary/aromatic N) is 2. The summed E-state index contributed by atoms with van der Waals surface area (Å²) in [6.45, 7) is 1.73. The van der Waals surface area contributed by atoms with E-state index in [1.165, 1.54) is 10.4 Å². The Bertz CT molecular complexity index is 358. The van der Waals surface area contributed by atoms with Crippen molar-refractivity contribution in [3.8, 4) is 0 Å². The quantitative estimate of drug-likeness (QED) is 0.827. The molecule has 2 aromatic rings. The van der Waals surface area contributed by atoms with Crippen LogP contribution in [-0.2, 0) is 13.1 Å². The minimum absolute atomic E-state index is 0.853. The zero-order valence-electron chi connectivity index (χ0n) is 7.68. The molecule has 0 saturated heterocycles. The third-order valence-corrected chi connectivity index (χ3v) is 2.61. The lowest BCUT2D eigenvalue weighted by atomic mass is 10.3. The standard InChI is InChI=1S/C10H11N3S/c1-2-9(4-11-3-1)5-12-6-10-7-13-8-14-10/h1-4,7-8,12H,5-6H2. The summed E-state index contributed by atoms with van der Waals surface area (Å²) in [7, 11) is 0. The fourth-order valence-corrected chi connectivity index (χ4v) is 1.73. The van der Waals surface area contributed by atoms with E-state index < -0.39 is 0 Å². The summed E-state index contributed by atoms with van der Waals surface area (Å²) in [5.74, 6) is 0. The summed E-state index contributed by atoms with van der Waals surface area (Å²) in [6, 6.07) is 4.01. The fourth-order valence-electron chi connectivity index (χ4n) is 1.16. The van der Waals surface area contributed by atoms with Crippen molar-refractivity contribution in [2.75, 3.05) is 0 Å². The van der Waals surface area contributed by atoms with Gasteiger partial charge in [0.15, 0.2) is 0 Å². The van der Waals surface area contributed by atoms with Crippen molar-refractivity contribution in [2.24, 2.45) is 0 Å². The smallest absolute Gasteiger partial charge is 0.0794 e. The first-order chi connectivity index (χ1) is 6.95. The van der Waals surface area contributed by atoms with Gasteiger partial charge < -0.3 is 5.32 Å². The van der Waals surface area contributed by atoms with E-state index in [4.69, 9.17) is 0 Å². The second kappa shape index (κ2) is 4.83. The molecule has 4 heteroatoms. The first kappa shape index (κ1) is 9.30. The third-order valence-electron chi connectivity index (χ3n) is 1.83. The van der Waals surface area contributed by atoms with Crippen LogP contribution in [0.25, 0.3) is 0 Å². The Morgan fingerprint density at radius 1 is 1.21 bits per heavy atom. The maximum absolute atomic E-state index is 4.05. The predicted molar refractivity (Wildman–Crippen MR) is 56.9 cm³/mol. The van der Waals surface area contributed by atoms with Gasteiger partial charge in [0.25, 0.3) is 0 Å². The lowest BCUT2D eigenvalue weighted by Crippen LogP contribution is -2.11. The minimum atomic E-state index is 0.853. The Morgan fingerprint density at radius 2 is 2.21 bits per heavy atom. The van der Waals surface area contributed by atoms with Gasteiger partial charge in [-0.2, -0.15) is 0 Å². The van der Waals surface area contributed by atoms with Crippen LogP contribution >= 0.6 is 11.3 Å². The summed E-state index contributed by atoms with van der Waals surface area (Å²) < 4.78 is 0. The SMILES string of the molecule is c1cncc(CNCc2cncs2)c1. The average molecular weight is 205 g/mol. The number of rotatable bonds is 4. The van der Waals surface area contributed by atoms with Crippen LogP contribution in [0.5, 0.6) is 0 Å². The van der Waals surface area contributed by atoms with Crippen LogP contribution in [0.4, 0.5) is 0 Å². The topological polar surface area (TPSA) is 37.8 Å². The molecular formula is C10H11N3S. The van der Waals surface area contributed by atoms with Crippen molar-refractivity contribution < 1.29 is 0 Å². The highest BCUT2D eigenvalue weighted by atomic mass is 32.1. The maximum atomic E-state index is 4.05. The second-order valence-electron chi connectivity index (χ2n) is 2.93. The normalized spacial score (nSPS) is 10.3. The first-order valence-electron chi connectivity index (χ1n) is 4.42. The van der Waals surface area contributed by atoms with Crippen molar-refractivity contribution in [1.29, 1.82) is 0 Å². The second-order valence-corrected chi connectivity index (χ2v) is 3.90. The Labute approximate surface area is 86.8 Å². The molecule has 2 heterocycles.